The molecule has 0 fully saturated rings. The van der Waals surface area contributed by atoms with Crippen LogP contribution in [-0.2, 0) is 0 Å². The van der Waals surface area contributed by atoms with E-state index >= 15 is 0 Å². The second-order valence-electron chi connectivity index (χ2n) is 4.13. The maximum Gasteiger partial charge on any atom is 0.0998 e. The second kappa shape index (κ2) is 4.57. The minimum Gasteiger partial charge on any atom is -0.192 e. The van der Waals surface area contributed by atoms with E-state index in [2.05, 4.69) is 30.3 Å². The van der Waals surface area contributed by atoms with Crippen molar-refractivity contribution in [2.24, 2.45) is 0 Å². The molecule has 3 rings (SSSR count). The third kappa shape index (κ3) is 1.97. The van der Waals surface area contributed by atoms with E-state index in [1.54, 1.807) is 29.5 Å². The van der Waals surface area contributed by atoms with E-state index < -0.39 is 0 Å². The molecule has 0 N–H and O–H groups in total. The van der Waals surface area contributed by atoms with Crippen molar-refractivity contribution < 1.29 is 0 Å². The second-order valence-corrected chi connectivity index (χ2v) is 5.22. The van der Waals surface area contributed by atoms with Gasteiger partial charge < -0.3 is 0 Å². The Morgan fingerprint density at radius 2 is 1.74 bits per heavy atom. The lowest BCUT2D eigenvalue weighted by Gasteiger charge is -2.00. The fourth-order valence-electron chi connectivity index (χ4n) is 2.03. The highest BCUT2D eigenvalue weighted by molar-refractivity contribution is 7.22. The number of benzene rings is 2. The van der Waals surface area contributed by atoms with Gasteiger partial charge in [-0.05, 0) is 35.7 Å². The van der Waals surface area contributed by atoms with Crippen molar-refractivity contribution in [3.8, 4) is 22.6 Å². The molecule has 0 radical (unpaired) electrons. The summed E-state index contributed by atoms with van der Waals surface area (Å²) in [4.78, 5) is 1.02. The molecular formula is C16H8N2S. The van der Waals surface area contributed by atoms with Crippen molar-refractivity contribution in [3.05, 3.63) is 59.7 Å². The Bertz CT molecular complexity index is 814. The van der Waals surface area contributed by atoms with Gasteiger partial charge in [0.15, 0.2) is 0 Å². The Balaban J connectivity index is 2.26. The number of rotatable bonds is 1. The molecule has 2 nitrogen and oxygen atoms in total. The summed E-state index contributed by atoms with van der Waals surface area (Å²) in [5, 5.41) is 19.3. The zero-order valence-corrected chi connectivity index (χ0v) is 10.7. The monoisotopic (exact) mass is 260 g/mol. The van der Waals surface area contributed by atoms with Crippen LogP contribution in [0.5, 0.6) is 0 Å². The van der Waals surface area contributed by atoms with E-state index in [4.69, 9.17) is 5.26 Å². The largest absolute Gasteiger partial charge is 0.192 e. The number of hydrogen-bond acceptors (Lipinski definition) is 3. The van der Waals surface area contributed by atoms with E-state index in [9.17, 15) is 5.26 Å². The Morgan fingerprint density at radius 1 is 0.895 bits per heavy atom. The lowest BCUT2D eigenvalue weighted by Crippen LogP contribution is -1.83. The third-order valence-corrected chi connectivity index (χ3v) is 4.11. The van der Waals surface area contributed by atoms with Crippen LogP contribution in [0.4, 0.5) is 0 Å². The SMILES string of the molecule is N#Cc1ccc(C#N)c(-c2cc3ccccc3s2)c1. The van der Waals surface area contributed by atoms with Crippen molar-refractivity contribution >= 4 is 21.4 Å². The Hall–Kier alpha value is -2.62. The predicted octanol–water partition coefficient (Wildman–Crippen LogP) is 4.31. The third-order valence-electron chi connectivity index (χ3n) is 2.96. The number of hydrogen-bond donors (Lipinski definition) is 0. The van der Waals surface area contributed by atoms with E-state index in [1.807, 2.05) is 12.1 Å². The van der Waals surface area contributed by atoms with Crippen LogP contribution in [0.3, 0.4) is 0 Å². The molecule has 0 amide bonds. The van der Waals surface area contributed by atoms with Crippen LogP contribution in [0.15, 0.2) is 48.5 Å². The average Bonchev–Trinajstić information content (AvgIpc) is 2.90. The van der Waals surface area contributed by atoms with Crippen molar-refractivity contribution in [1.82, 2.24) is 0 Å². The van der Waals surface area contributed by atoms with Crippen molar-refractivity contribution in [3.63, 3.8) is 0 Å². The Labute approximate surface area is 114 Å². The van der Waals surface area contributed by atoms with E-state index in [0.29, 0.717) is 11.1 Å². The van der Waals surface area contributed by atoms with Crippen LogP contribution in [0.2, 0.25) is 0 Å². The van der Waals surface area contributed by atoms with Crippen LogP contribution in [0.1, 0.15) is 11.1 Å². The first-order valence-corrected chi connectivity index (χ1v) is 6.56. The molecule has 0 unspecified atom stereocenters. The highest BCUT2D eigenvalue weighted by atomic mass is 32.1. The molecule has 0 aliphatic carbocycles. The van der Waals surface area contributed by atoms with E-state index in [1.165, 1.54) is 4.70 Å². The molecule has 0 saturated heterocycles. The molecule has 0 atom stereocenters. The van der Waals surface area contributed by atoms with Crippen LogP contribution in [0, 0.1) is 22.7 Å². The van der Waals surface area contributed by atoms with Gasteiger partial charge in [-0.1, -0.05) is 18.2 Å². The number of thiophene rings is 1. The van der Waals surface area contributed by atoms with Gasteiger partial charge in [-0.15, -0.1) is 11.3 Å². The molecule has 1 heterocycles. The maximum absolute atomic E-state index is 9.19. The predicted molar refractivity (Wildman–Crippen MR) is 76.7 cm³/mol. The summed E-state index contributed by atoms with van der Waals surface area (Å²) in [6.45, 7) is 0. The summed E-state index contributed by atoms with van der Waals surface area (Å²) >= 11 is 1.64. The van der Waals surface area contributed by atoms with E-state index in [-0.39, 0.29) is 0 Å². The fourth-order valence-corrected chi connectivity index (χ4v) is 3.12. The highest BCUT2D eigenvalue weighted by Gasteiger charge is 2.09. The Kier molecular flexibility index (Phi) is 2.76. The van der Waals surface area contributed by atoms with Crippen molar-refractivity contribution in [1.29, 1.82) is 10.5 Å². The minimum absolute atomic E-state index is 0.575. The topological polar surface area (TPSA) is 47.6 Å². The van der Waals surface area contributed by atoms with Gasteiger partial charge in [0.1, 0.15) is 0 Å². The lowest BCUT2D eigenvalue weighted by atomic mass is 10.0. The first-order chi connectivity index (χ1) is 9.31. The van der Waals surface area contributed by atoms with Gasteiger partial charge >= 0.3 is 0 Å². The molecule has 3 aromatic rings. The molecule has 1 aromatic heterocycles. The average molecular weight is 260 g/mol. The molecule has 0 aliphatic heterocycles. The van der Waals surface area contributed by atoms with Crippen molar-refractivity contribution in [2.75, 3.05) is 0 Å². The molecule has 3 heteroatoms. The van der Waals surface area contributed by atoms with Crippen LogP contribution >= 0.6 is 11.3 Å². The molecule has 0 spiro atoms. The summed E-state index contributed by atoms with van der Waals surface area (Å²) in [7, 11) is 0. The lowest BCUT2D eigenvalue weighted by molar-refractivity contribution is 1.45. The van der Waals surface area contributed by atoms with Gasteiger partial charge in [0.2, 0.25) is 0 Å². The van der Waals surface area contributed by atoms with Crippen LogP contribution < -0.4 is 0 Å². The van der Waals surface area contributed by atoms with Gasteiger partial charge in [-0.2, -0.15) is 10.5 Å². The molecule has 0 saturated carbocycles. The number of fused-ring (bicyclic) bond motifs is 1. The van der Waals surface area contributed by atoms with Gasteiger partial charge in [0, 0.05) is 15.1 Å². The van der Waals surface area contributed by atoms with Gasteiger partial charge in [0.25, 0.3) is 0 Å². The quantitative estimate of drug-likeness (QED) is 0.654. The van der Waals surface area contributed by atoms with Crippen LogP contribution in [-0.4, -0.2) is 0 Å². The molecule has 0 bridgehead atoms. The molecular weight excluding hydrogens is 252 g/mol. The summed E-state index contributed by atoms with van der Waals surface area (Å²) in [5.41, 5.74) is 2.01. The Morgan fingerprint density at radius 3 is 2.47 bits per heavy atom. The number of nitriles is 2. The maximum atomic E-state index is 9.19. The van der Waals surface area contributed by atoms with Gasteiger partial charge in [0.05, 0.1) is 23.3 Å². The zero-order chi connectivity index (χ0) is 13.2. The first kappa shape index (κ1) is 11.5. The van der Waals surface area contributed by atoms with Crippen LogP contribution in [0.25, 0.3) is 20.5 Å². The van der Waals surface area contributed by atoms with Gasteiger partial charge in [-0.25, -0.2) is 0 Å². The standard InChI is InChI=1S/C16H8N2S/c17-9-11-5-6-13(10-18)14(7-11)16-8-12-3-1-2-4-15(12)19-16/h1-8H. The summed E-state index contributed by atoms with van der Waals surface area (Å²) in [6, 6.07) is 19.6. The summed E-state index contributed by atoms with van der Waals surface area (Å²) in [5.74, 6) is 0. The number of nitrogens with zero attached hydrogens (tertiary/aromatic N) is 2. The smallest absolute Gasteiger partial charge is 0.0998 e. The molecule has 19 heavy (non-hydrogen) atoms. The summed E-state index contributed by atoms with van der Waals surface area (Å²) in [6.07, 6.45) is 0. The molecule has 0 aliphatic rings. The van der Waals surface area contributed by atoms with Gasteiger partial charge in [-0.3, -0.25) is 0 Å². The zero-order valence-electron chi connectivity index (χ0n) is 9.92. The molecule has 2 aromatic carbocycles. The van der Waals surface area contributed by atoms with Crippen molar-refractivity contribution in [2.45, 2.75) is 0 Å². The fraction of sp³-hybridized carbons (Fsp3) is 0. The molecule has 88 valence electrons. The first-order valence-electron chi connectivity index (χ1n) is 5.75. The van der Waals surface area contributed by atoms with E-state index in [0.717, 1.165) is 15.8 Å². The highest BCUT2D eigenvalue weighted by Crippen LogP contribution is 2.35. The summed E-state index contributed by atoms with van der Waals surface area (Å²) < 4.78 is 1.18. The minimum atomic E-state index is 0.575. The normalized spacial score (nSPS) is 10.0.